The smallest absolute Gasteiger partial charge is 0.312 e. The van der Waals surface area contributed by atoms with Crippen LogP contribution in [0.15, 0.2) is 48.8 Å². The number of nitrogens with zero attached hydrogens (tertiary/aromatic N) is 3. The van der Waals surface area contributed by atoms with E-state index in [1.807, 2.05) is 30.6 Å². The molecule has 2 aromatic rings. The highest BCUT2D eigenvalue weighted by Crippen LogP contribution is 2.33. The molecule has 1 aliphatic heterocycles. The third kappa shape index (κ3) is 5.04. The molecule has 0 radical (unpaired) electrons. The summed E-state index contributed by atoms with van der Waals surface area (Å²) < 4.78 is 0. The number of amides is 2. The van der Waals surface area contributed by atoms with Crippen LogP contribution in [0.5, 0.6) is 0 Å². The van der Waals surface area contributed by atoms with Gasteiger partial charge in [-0.3, -0.25) is 14.9 Å². The van der Waals surface area contributed by atoms with Gasteiger partial charge in [0.15, 0.2) is 0 Å². The predicted molar refractivity (Wildman–Crippen MR) is 117 cm³/mol. The summed E-state index contributed by atoms with van der Waals surface area (Å²) in [6.07, 6.45) is 12.2. The molecule has 2 aromatic heterocycles. The second-order valence-electron chi connectivity index (χ2n) is 8.02. The van der Waals surface area contributed by atoms with Gasteiger partial charge in [0.2, 0.25) is 0 Å². The van der Waals surface area contributed by atoms with E-state index in [1.165, 1.54) is 28.9 Å². The number of hydrogen-bond acceptors (Lipinski definition) is 5. The Bertz CT molecular complexity index is 899. The van der Waals surface area contributed by atoms with Crippen LogP contribution in [0.1, 0.15) is 41.4 Å². The van der Waals surface area contributed by atoms with Crippen LogP contribution in [0.3, 0.4) is 0 Å². The number of aryl methyl sites for hydroxylation is 1. The molecule has 0 bridgehead atoms. The Balaban J connectivity index is 1.49. The molecule has 1 aliphatic carbocycles. The maximum Gasteiger partial charge on any atom is 0.312 e. The summed E-state index contributed by atoms with van der Waals surface area (Å²) in [5, 5.41) is 6.29. The molecule has 2 atom stereocenters. The predicted octanol–water partition coefficient (Wildman–Crippen LogP) is 2.10. The van der Waals surface area contributed by atoms with E-state index >= 15 is 0 Å². The lowest BCUT2D eigenvalue weighted by molar-refractivity contribution is 0.170. The topological polar surface area (TPSA) is 96.2 Å². The van der Waals surface area contributed by atoms with Gasteiger partial charge < -0.3 is 16.4 Å². The largest absolute Gasteiger partial charge is 0.352 e. The maximum absolute atomic E-state index is 10.9. The molecule has 3 heterocycles. The zero-order valence-electron chi connectivity index (χ0n) is 17.3. The number of urea groups is 1. The fourth-order valence-corrected chi connectivity index (χ4v) is 4.51. The van der Waals surface area contributed by atoms with Crippen molar-refractivity contribution in [1.82, 2.24) is 25.5 Å². The van der Waals surface area contributed by atoms with Gasteiger partial charge in [-0.25, -0.2) is 4.79 Å². The molecular formula is C23H30N6O. The fraction of sp³-hybridized carbons (Fsp3) is 0.435. The van der Waals surface area contributed by atoms with E-state index in [2.05, 4.69) is 38.7 Å². The van der Waals surface area contributed by atoms with Crippen molar-refractivity contribution in [3.8, 4) is 0 Å². The highest BCUT2D eigenvalue weighted by Gasteiger charge is 2.29. The van der Waals surface area contributed by atoms with E-state index < -0.39 is 6.03 Å². The molecule has 4 rings (SSSR count). The summed E-state index contributed by atoms with van der Waals surface area (Å²) in [5.74, 6) is 0. The molecule has 7 nitrogen and oxygen atoms in total. The summed E-state index contributed by atoms with van der Waals surface area (Å²) in [4.78, 5) is 22.7. The van der Waals surface area contributed by atoms with Crippen molar-refractivity contribution in [3.05, 3.63) is 71.3 Å². The lowest BCUT2D eigenvalue weighted by atomic mass is 9.90. The van der Waals surface area contributed by atoms with Gasteiger partial charge in [0, 0.05) is 56.7 Å². The van der Waals surface area contributed by atoms with Crippen LogP contribution in [0, 0.1) is 0 Å². The van der Waals surface area contributed by atoms with Crippen molar-refractivity contribution in [2.45, 2.75) is 44.3 Å². The Hall–Kier alpha value is -2.77. The van der Waals surface area contributed by atoms with Gasteiger partial charge in [0.05, 0.1) is 11.7 Å². The zero-order chi connectivity index (χ0) is 20.8. The molecule has 2 aliphatic rings. The third-order valence-electron chi connectivity index (χ3n) is 5.97. The molecule has 7 heteroatoms. The minimum Gasteiger partial charge on any atom is -0.352 e. The fourth-order valence-electron chi connectivity index (χ4n) is 4.51. The number of pyridine rings is 2. The normalized spacial score (nSPS) is 20.7. The van der Waals surface area contributed by atoms with Gasteiger partial charge in [-0.2, -0.15) is 0 Å². The van der Waals surface area contributed by atoms with Crippen molar-refractivity contribution in [3.63, 3.8) is 0 Å². The van der Waals surface area contributed by atoms with Crippen LogP contribution >= 0.6 is 0 Å². The molecule has 0 fully saturated rings. The summed E-state index contributed by atoms with van der Waals surface area (Å²) in [5.41, 5.74) is 10.2. The molecule has 0 saturated carbocycles. The van der Waals surface area contributed by atoms with E-state index in [-0.39, 0.29) is 0 Å². The van der Waals surface area contributed by atoms with E-state index in [0.29, 0.717) is 18.6 Å². The highest BCUT2D eigenvalue weighted by atomic mass is 16.2. The molecule has 0 aromatic carbocycles. The van der Waals surface area contributed by atoms with Crippen LogP contribution in [0.4, 0.5) is 4.79 Å². The van der Waals surface area contributed by atoms with Crippen LogP contribution in [0.2, 0.25) is 0 Å². The van der Waals surface area contributed by atoms with Crippen molar-refractivity contribution < 1.29 is 4.79 Å². The number of carbonyl (C=O) groups is 1. The zero-order valence-corrected chi connectivity index (χ0v) is 17.3. The van der Waals surface area contributed by atoms with Gasteiger partial charge in [0.1, 0.15) is 0 Å². The lowest BCUT2D eigenvalue weighted by Gasteiger charge is -2.37. The van der Waals surface area contributed by atoms with Crippen LogP contribution in [-0.2, 0) is 19.4 Å². The molecule has 30 heavy (non-hydrogen) atoms. The summed E-state index contributed by atoms with van der Waals surface area (Å²) in [7, 11) is 0. The first-order valence-electron chi connectivity index (χ1n) is 10.7. The first-order chi connectivity index (χ1) is 14.7. The molecule has 0 saturated heterocycles. The van der Waals surface area contributed by atoms with E-state index in [4.69, 9.17) is 10.7 Å². The number of primary amides is 1. The lowest BCUT2D eigenvalue weighted by Crippen LogP contribution is -2.46. The van der Waals surface area contributed by atoms with Gasteiger partial charge in [-0.05, 0) is 42.5 Å². The first-order valence-corrected chi connectivity index (χ1v) is 10.7. The third-order valence-corrected chi connectivity index (χ3v) is 5.97. The van der Waals surface area contributed by atoms with Crippen molar-refractivity contribution in [1.29, 1.82) is 0 Å². The Morgan fingerprint density at radius 3 is 2.93 bits per heavy atom. The second-order valence-corrected chi connectivity index (χ2v) is 8.02. The minimum absolute atomic E-state index is 0.302. The monoisotopic (exact) mass is 406 g/mol. The molecule has 0 unspecified atom stereocenters. The number of nitrogens with two attached hydrogens (primary N) is 1. The minimum atomic E-state index is -0.500. The number of fused-ring (bicyclic) bond motifs is 2. The van der Waals surface area contributed by atoms with Gasteiger partial charge in [-0.15, -0.1) is 0 Å². The quantitative estimate of drug-likeness (QED) is 0.612. The SMILES string of the molecule is NC(=O)NC/C=C/CN(C[C@H]1Cc2ncccc2CN1)[C@H]1CCCc2cccnc21. The highest BCUT2D eigenvalue weighted by molar-refractivity contribution is 5.71. The number of aromatic nitrogens is 2. The number of rotatable bonds is 7. The van der Waals surface area contributed by atoms with E-state index in [1.54, 1.807) is 0 Å². The number of nitrogens with one attached hydrogen (secondary N) is 2. The summed E-state index contributed by atoms with van der Waals surface area (Å²) in [6.45, 7) is 3.03. The van der Waals surface area contributed by atoms with E-state index in [9.17, 15) is 4.79 Å². The van der Waals surface area contributed by atoms with Gasteiger partial charge in [0.25, 0.3) is 0 Å². The van der Waals surface area contributed by atoms with Crippen LogP contribution in [0.25, 0.3) is 0 Å². The van der Waals surface area contributed by atoms with Crippen molar-refractivity contribution in [2.24, 2.45) is 5.73 Å². The molecule has 0 spiro atoms. The molecule has 158 valence electrons. The number of hydrogen-bond donors (Lipinski definition) is 3. The van der Waals surface area contributed by atoms with Crippen molar-refractivity contribution in [2.75, 3.05) is 19.6 Å². The first kappa shape index (κ1) is 20.5. The summed E-state index contributed by atoms with van der Waals surface area (Å²) in [6, 6.07) is 8.54. The molecular weight excluding hydrogens is 376 g/mol. The van der Waals surface area contributed by atoms with Gasteiger partial charge >= 0.3 is 6.03 Å². The van der Waals surface area contributed by atoms with Gasteiger partial charge in [-0.1, -0.05) is 24.3 Å². The Labute approximate surface area is 177 Å². The average Bonchev–Trinajstić information content (AvgIpc) is 2.77. The number of carbonyl (C=O) groups excluding carboxylic acids is 1. The maximum atomic E-state index is 10.9. The van der Waals surface area contributed by atoms with Crippen LogP contribution in [-0.4, -0.2) is 46.6 Å². The van der Waals surface area contributed by atoms with Crippen LogP contribution < -0.4 is 16.4 Å². The summed E-state index contributed by atoms with van der Waals surface area (Å²) >= 11 is 0. The Morgan fingerprint density at radius 1 is 1.23 bits per heavy atom. The van der Waals surface area contributed by atoms with E-state index in [0.717, 1.165) is 38.9 Å². The standard InChI is InChI=1S/C23H30N6O/c24-23(30)27-10-1-2-13-29(21-9-3-6-17-7-4-12-26-22(17)21)16-19-14-20-18(15-28-19)8-5-11-25-20/h1-2,4-5,7-8,11-12,19,21,28H,3,6,9-10,13-16H2,(H3,24,27,30)/b2-1+/t19-,21+/m1/s1. The Kier molecular flexibility index (Phi) is 6.71. The molecule has 4 N–H and O–H groups in total. The molecule has 2 amide bonds. The second kappa shape index (κ2) is 9.82. The Morgan fingerprint density at radius 2 is 2.07 bits per heavy atom. The van der Waals surface area contributed by atoms with Crippen molar-refractivity contribution >= 4 is 6.03 Å². The average molecular weight is 407 g/mol.